The fourth-order valence-electron chi connectivity index (χ4n) is 2.27. The van der Waals surface area contributed by atoms with Crippen molar-refractivity contribution < 1.29 is 0 Å². The zero-order chi connectivity index (χ0) is 11.6. The molecule has 0 aromatic heterocycles. The number of hydrogen-bond donors (Lipinski definition) is 0. The highest BCUT2D eigenvalue weighted by molar-refractivity contribution is 7.80. The number of hydrogen-bond acceptors (Lipinski definition) is 3. The zero-order valence-electron chi connectivity index (χ0n) is 10.0. The normalized spacial score (nSPS) is 34.9. The third-order valence-corrected chi connectivity index (χ3v) is 4.36. The number of rotatable bonds is 2. The molecule has 4 unspecified atom stereocenters. The van der Waals surface area contributed by atoms with Crippen molar-refractivity contribution in [1.82, 2.24) is 4.90 Å². The van der Waals surface area contributed by atoms with Gasteiger partial charge in [0.05, 0.1) is 12.1 Å². The van der Waals surface area contributed by atoms with Crippen molar-refractivity contribution in [2.45, 2.75) is 46.2 Å². The second kappa shape index (κ2) is 5.05. The van der Waals surface area contributed by atoms with Crippen molar-refractivity contribution in [2.75, 3.05) is 6.54 Å². The number of likely N-dealkylation sites (tertiary alicyclic amines) is 1. The van der Waals surface area contributed by atoms with Crippen LogP contribution in [0.15, 0.2) is 0 Å². The van der Waals surface area contributed by atoms with E-state index in [1.54, 1.807) is 0 Å². The molecule has 4 atom stereocenters. The molecule has 1 aliphatic heterocycles. The van der Waals surface area contributed by atoms with E-state index in [9.17, 15) is 0 Å². The molecule has 1 heterocycles. The quantitative estimate of drug-likeness (QED) is 0.675. The summed E-state index contributed by atoms with van der Waals surface area (Å²) in [5.41, 5.74) is 0. The molecule has 0 bridgehead atoms. The molecule has 15 heavy (non-hydrogen) atoms. The van der Waals surface area contributed by atoms with E-state index in [1.165, 1.54) is 0 Å². The molecule has 84 valence electrons. The molecule has 0 amide bonds. The van der Waals surface area contributed by atoms with Gasteiger partial charge in [-0.1, -0.05) is 33.0 Å². The summed E-state index contributed by atoms with van der Waals surface area (Å²) in [4.78, 5) is 3.36. The van der Waals surface area contributed by atoms with Gasteiger partial charge in [-0.25, -0.2) is 0 Å². The molecule has 1 aliphatic rings. The van der Waals surface area contributed by atoms with Crippen LogP contribution in [0.5, 0.6) is 0 Å². The Bertz CT molecular complexity index is 282. The molecule has 0 aromatic rings. The predicted octanol–water partition coefficient (Wildman–Crippen LogP) is 2.63. The lowest BCUT2D eigenvalue weighted by molar-refractivity contribution is 0.118. The van der Waals surface area contributed by atoms with E-state index >= 15 is 0 Å². The Morgan fingerprint density at radius 2 is 2.13 bits per heavy atom. The summed E-state index contributed by atoms with van der Waals surface area (Å²) >= 11 is 5.40. The van der Waals surface area contributed by atoms with Crippen molar-refractivity contribution in [2.24, 2.45) is 11.8 Å². The zero-order valence-corrected chi connectivity index (χ0v) is 10.8. The highest BCUT2D eigenvalue weighted by atomic mass is 32.1. The first-order chi connectivity index (χ1) is 7.02. The lowest BCUT2D eigenvalue weighted by Crippen LogP contribution is -2.53. The number of nitriles is 1. The minimum atomic E-state index is 0.0212. The molecular weight excluding hydrogens is 204 g/mol. The molecular formula is C12H20N2S. The monoisotopic (exact) mass is 224 g/mol. The summed E-state index contributed by atoms with van der Waals surface area (Å²) in [6.07, 6.45) is 0.880. The molecule has 2 nitrogen and oxygen atoms in total. The summed E-state index contributed by atoms with van der Waals surface area (Å²) in [5.74, 6) is 1.05. The fourth-order valence-corrected chi connectivity index (χ4v) is 2.64. The first-order valence-corrected chi connectivity index (χ1v) is 6.11. The van der Waals surface area contributed by atoms with E-state index < -0.39 is 0 Å². The van der Waals surface area contributed by atoms with Gasteiger partial charge in [-0.2, -0.15) is 5.26 Å². The molecule has 0 radical (unpaired) electrons. The van der Waals surface area contributed by atoms with E-state index in [-0.39, 0.29) is 6.04 Å². The Morgan fingerprint density at radius 3 is 2.60 bits per heavy atom. The second-order valence-corrected chi connectivity index (χ2v) is 5.10. The molecule has 0 N–H and O–H groups in total. The Kier molecular flexibility index (Phi) is 4.24. The van der Waals surface area contributed by atoms with Crippen LogP contribution in [0.25, 0.3) is 0 Å². The van der Waals surface area contributed by atoms with Gasteiger partial charge in [0, 0.05) is 17.5 Å². The van der Waals surface area contributed by atoms with Crippen LogP contribution in [0, 0.1) is 23.2 Å². The molecule has 1 rings (SSSR count). The summed E-state index contributed by atoms with van der Waals surface area (Å²) < 4.78 is 0. The van der Waals surface area contributed by atoms with Gasteiger partial charge in [-0.3, -0.25) is 4.90 Å². The molecule has 0 aromatic carbocycles. The maximum Gasteiger partial charge on any atom is 0.0980 e. The topological polar surface area (TPSA) is 27.0 Å². The molecule has 0 spiro atoms. The third kappa shape index (κ3) is 2.38. The Morgan fingerprint density at radius 1 is 1.53 bits per heavy atom. The van der Waals surface area contributed by atoms with Crippen molar-refractivity contribution in [1.29, 1.82) is 5.26 Å². The van der Waals surface area contributed by atoms with Gasteiger partial charge < -0.3 is 0 Å². The van der Waals surface area contributed by atoms with Crippen molar-refractivity contribution in [3.05, 3.63) is 0 Å². The van der Waals surface area contributed by atoms with Crippen molar-refractivity contribution >= 4 is 17.1 Å². The van der Waals surface area contributed by atoms with Crippen LogP contribution in [-0.2, 0) is 0 Å². The minimum absolute atomic E-state index is 0.0212. The average Bonchev–Trinajstić information content (AvgIpc) is 2.24. The molecule has 0 aliphatic carbocycles. The van der Waals surface area contributed by atoms with E-state index in [4.69, 9.17) is 17.5 Å². The smallest absolute Gasteiger partial charge is 0.0980 e. The molecule has 1 fully saturated rings. The van der Waals surface area contributed by atoms with Gasteiger partial charge in [-0.15, -0.1) is 0 Å². The van der Waals surface area contributed by atoms with Gasteiger partial charge in [0.2, 0.25) is 0 Å². The molecule has 3 heteroatoms. The SMILES string of the molecule is CCC(C#N)N1CC(=S)C(C)C(C)C1C. The van der Waals surface area contributed by atoms with Crippen molar-refractivity contribution in [3.8, 4) is 6.07 Å². The Balaban J connectivity index is 2.83. The largest absolute Gasteiger partial charge is 0.280 e. The summed E-state index contributed by atoms with van der Waals surface area (Å²) in [7, 11) is 0. The van der Waals surface area contributed by atoms with Crippen LogP contribution in [0.3, 0.4) is 0 Å². The molecule has 0 saturated carbocycles. The standard InChI is InChI=1S/C12H20N2S/c1-5-11(6-13)14-7-12(15)9(3)8(2)10(14)4/h8-11H,5,7H2,1-4H3. The third-order valence-electron chi connectivity index (χ3n) is 3.86. The van der Waals surface area contributed by atoms with E-state index in [0.717, 1.165) is 17.8 Å². The number of nitrogens with zero attached hydrogens (tertiary/aromatic N) is 2. The van der Waals surface area contributed by atoms with Gasteiger partial charge >= 0.3 is 0 Å². The summed E-state index contributed by atoms with van der Waals surface area (Å²) in [6, 6.07) is 2.85. The van der Waals surface area contributed by atoms with Gasteiger partial charge in [0.25, 0.3) is 0 Å². The minimum Gasteiger partial charge on any atom is -0.280 e. The van der Waals surface area contributed by atoms with Crippen LogP contribution >= 0.6 is 12.2 Å². The Hall–Kier alpha value is -0.460. The van der Waals surface area contributed by atoms with Crippen LogP contribution in [0.2, 0.25) is 0 Å². The lowest BCUT2D eigenvalue weighted by atomic mass is 9.82. The van der Waals surface area contributed by atoms with E-state index in [1.807, 2.05) is 0 Å². The first kappa shape index (κ1) is 12.6. The van der Waals surface area contributed by atoms with E-state index in [2.05, 4.69) is 38.7 Å². The number of thiocarbonyl (C=S) groups is 1. The van der Waals surface area contributed by atoms with Crippen LogP contribution in [0.1, 0.15) is 34.1 Å². The number of piperidine rings is 1. The highest BCUT2D eigenvalue weighted by Gasteiger charge is 2.36. The van der Waals surface area contributed by atoms with Crippen LogP contribution in [-0.4, -0.2) is 28.4 Å². The molecule has 1 saturated heterocycles. The first-order valence-electron chi connectivity index (χ1n) is 5.71. The fraction of sp³-hybridized carbons (Fsp3) is 0.833. The predicted molar refractivity (Wildman–Crippen MR) is 66.8 cm³/mol. The maximum absolute atomic E-state index is 9.10. The second-order valence-electron chi connectivity index (χ2n) is 4.58. The summed E-state index contributed by atoms with van der Waals surface area (Å²) in [5, 5.41) is 9.10. The van der Waals surface area contributed by atoms with E-state index in [0.29, 0.717) is 17.9 Å². The van der Waals surface area contributed by atoms with Gasteiger partial charge in [-0.05, 0) is 25.2 Å². The van der Waals surface area contributed by atoms with Gasteiger partial charge in [0.15, 0.2) is 0 Å². The average molecular weight is 224 g/mol. The van der Waals surface area contributed by atoms with Crippen molar-refractivity contribution in [3.63, 3.8) is 0 Å². The Labute approximate surface area is 98.3 Å². The maximum atomic E-state index is 9.10. The van der Waals surface area contributed by atoms with Crippen LogP contribution < -0.4 is 0 Å². The van der Waals surface area contributed by atoms with Gasteiger partial charge in [0.1, 0.15) is 0 Å². The summed E-state index contributed by atoms with van der Waals surface area (Å²) in [6.45, 7) is 9.52. The highest BCUT2D eigenvalue weighted by Crippen LogP contribution is 2.29. The lowest BCUT2D eigenvalue weighted by Gasteiger charge is -2.43. The van der Waals surface area contributed by atoms with Crippen LogP contribution in [0.4, 0.5) is 0 Å².